The number of likely N-dealkylation sites (tertiary alicyclic amines) is 1. The van der Waals surface area contributed by atoms with Crippen molar-refractivity contribution >= 4 is 37.5 Å². The van der Waals surface area contributed by atoms with Crippen LogP contribution < -0.4 is 14.1 Å². The number of carbonyl (C=O) groups is 1. The van der Waals surface area contributed by atoms with Crippen molar-refractivity contribution in [3.63, 3.8) is 0 Å². The summed E-state index contributed by atoms with van der Waals surface area (Å²) in [6.07, 6.45) is 5.12. The lowest BCUT2D eigenvalue weighted by molar-refractivity contribution is 0.104. The van der Waals surface area contributed by atoms with Crippen LogP contribution in [0, 0.1) is 0 Å². The Labute approximate surface area is 227 Å². The SMILES string of the molecule is NS(=O)(=O)Oc1ccc2c(C(=O)c3ccc(OCCN4CCCCCC4)cc3)c(-c3ccccc3)sc2c1. The van der Waals surface area contributed by atoms with E-state index in [1.165, 1.54) is 43.1 Å². The minimum Gasteiger partial charge on any atom is -0.492 e. The Balaban J connectivity index is 1.39. The first-order chi connectivity index (χ1) is 18.4. The van der Waals surface area contributed by atoms with Crippen molar-refractivity contribution in [1.29, 1.82) is 0 Å². The number of rotatable bonds is 9. The smallest absolute Gasteiger partial charge is 0.380 e. The van der Waals surface area contributed by atoms with E-state index in [1.54, 1.807) is 24.3 Å². The van der Waals surface area contributed by atoms with Gasteiger partial charge in [0.2, 0.25) is 0 Å². The number of fused-ring (bicyclic) bond motifs is 1. The maximum Gasteiger partial charge on any atom is 0.380 e. The van der Waals surface area contributed by atoms with Gasteiger partial charge in [-0.2, -0.15) is 13.6 Å². The Hall–Kier alpha value is -3.24. The van der Waals surface area contributed by atoms with E-state index in [0.717, 1.165) is 45.9 Å². The maximum absolute atomic E-state index is 13.8. The quantitative estimate of drug-likeness (QED) is 0.271. The van der Waals surface area contributed by atoms with Gasteiger partial charge in [0, 0.05) is 32.6 Å². The highest BCUT2D eigenvalue weighted by Gasteiger charge is 2.22. The normalized spacial score (nSPS) is 14.8. The minimum absolute atomic E-state index is 0.0986. The van der Waals surface area contributed by atoms with Crippen LogP contribution >= 0.6 is 11.3 Å². The van der Waals surface area contributed by atoms with Crippen molar-refractivity contribution in [3.05, 3.63) is 83.9 Å². The zero-order valence-electron chi connectivity index (χ0n) is 21.0. The van der Waals surface area contributed by atoms with E-state index in [1.807, 2.05) is 42.5 Å². The van der Waals surface area contributed by atoms with E-state index in [0.29, 0.717) is 17.7 Å². The van der Waals surface area contributed by atoms with E-state index in [2.05, 4.69) is 4.90 Å². The second-order valence-corrected chi connectivity index (χ2v) is 11.6. The first kappa shape index (κ1) is 26.4. The second kappa shape index (κ2) is 11.7. The van der Waals surface area contributed by atoms with Crippen LogP contribution in [0.3, 0.4) is 0 Å². The van der Waals surface area contributed by atoms with Crippen molar-refractivity contribution in [2.75, 3.05) is 26.2 Å². The highest BCUT2D eigenvalue weighted by Crippen LogP contribution is 2.41. The lowest BCUT2D eigenvalue weighted by Gasteiger charge is -2.19. The van der Waals surface area contributed by atoms with Gasteiger partial charge in [-0.05, 0) is 74.0 Å². The summed E-state index contributed by atoms with van der Waals surface area (Å²) < 4.78 is 34.4. The van der Waals surface area contributed by atoms with Crippen molar-refractivity contribution in [3.8, 4) is 21.9 Å². The Bertz CT molecular complexity index is 1510. The topological polar surface area (TPSA) is 98.9 Å². The molecule has 7 nitrogen and oxygen atoms in total. The first-order valence-electron chi connectivity index (χ1n) is 12.7. The molecule has 0 bridgehead atoms. The molecular weight excluding hydrogens is 520 g/mol. The third-order valence-electron chi connectivity index (χ3n) is 6.63. The van der Waals surface area contributed by atoms with Crippen molar-refractivity contribution in [1.82, 2.24) is 4.90 Å². The van der Waals surface area contributed by atoms with Gasteiger partial charge in [0.15, 0.2) is 5.78 Å². The van der Waals surface area contributed by atoms with Crippen molar-refractivity contribution in [2.45, 2.75) is 25.7 Å². The van der Waals surface area contributed by atoms with Gasteiger partial charge in [0.05, 0.1) is 0 Å². The Kier molecular flexibility index (Phi) is 8.09. The first-order valence-corrected chi connectivity index (χ1v) is 15.0. The van der Waals surface area contributed by atoms with Crippen LogP contribution in [0.25, 0.3) is 20.5 Å². The fourth-order valence-electron chi connectivity index (χ4n) is 4.78. The lowest BCUT2D eigenvalue weighted by Crippen LogP contribution is -2.29. The fraction of sp³-hybridized carbons (Fsp3) is 0.276. The second-order valence-electron chi connectivity index (χ2n) is 9.36. The number of thiophene rings is 1. The van der Waals surface area contributed by atoms with Gasteiger partial charge in [0.25, 0.3) is 0 Å². The molecule has 198 valence electrons. The summed E-state index contributed by atoms with van der Waals surface area (Å²) in [5.41, 5.74) is 2.01. The molecule has 5 rings (SSSR count). The molecule has 1 aliphatic rings. The van der Waals surface area contributed by atoms with Gasteiger partial charge in [0.1, 0.15) is 18.1 Å². The molecule has 1 fully saturated rings. The molecule has 2 N–H and O–H groups in total. The molecule has 0 saturated carbocycles. The Morgan fingerprint density at radius 3 is 2.26 bits per heavy atom. The molecule has 1 aromatic heterocycles. The molecule has 0 radical (unpaired) electrons. The average molecular weight is 551 g/mol. The molecule has 0 spiro atoms. The summed E-state index contributed by atoms with van der Waals surface area (Å²) in [5, 5.41) is 5.76. The molecule has 0 aliphatic carbocycles. The minimum atomic E-state index is -4.16. The molecule has 0 atom stereocenters. The molecule has 4 aromatic rings. The highest BCUT2D eigenvalue weighted by atomic mass is 32.2. The van der Waals surface area contributed by atoms with Crippen LogP contribution in [0.4, 0.5) is 0 Å². The molecule has 9 heteroatoms. The third-order valence-corrected chi connectivity index (χ3v) is 8.25. The molecule has 3 aromatic carbocycles. The van der Waals surface area contributed by atoms with Gasteiger partial charge in [-0.3, -0.25) is 9.69 Å². The van der Waals surface area contributed by atoms with Crippen LogP contribution in [0.5, 0.6) is 11.5 Å². The van der Waals surface area contributed by atoms with Crippen LogP contribution in [-0.2, 0) is 10.3 Å². The number of ketones is 1. The number of hydrogen-bond acceptors (Lipinski definition) is 7. The van der Waals surface area contributed by atoms with E-state index >= 15 is 0 Å². The number of carbonyl (C=O) groups excluding carboxylic acids is 1. The van der Waals surface area contributed by atoms with E-state index in [-0.39, 0.29) is 11.5 Å². The third kappa shape index (κ3) is 6.42. The zero-order chi connectivity index (χ0) is 26.5. The molecule has 1 aliphatic heterocycles. The predicted molar refractivity (Wildman–Crippen MR) is 151 cm³/mol. The molecule has 38 heavy (non-hydrogen) atoms. The molecule has 0 amide bonds. The van der Waals surface area contributed by atoms with Gasteiger partial charge in [-0.25, -0.2) is 0 Å². The summed E-state index contributed by atoms with van der Waals surface area (Å²) in [6, 6.07) is 21.7. The zero-order valence-corrected chi connectivity index (χ0v) is 22.6. The van der Waals surface area contributed by atoms with Crippen LogP contribution in [-0.4, -0.2) is 45.3 Å². The molecule has 0 unspecified atom stereocenters. The number of ether oxygens (including phenoxy) is 1. The molecule has 1 saturated heterocycles. The summed E-state index contributed by atoms with van der Waals surface area (Å²) in [7, 11) is -4.16. The Morgan fingerprint density at radius 1 is 0.895 bits per heavy atom. The van der Waals surface area contributed by atoms with Gasteiger partial charge in [-0.1, -0.05) is 43.2 Å². The maximum atomic E-state index is 13.8. The monoisotopic (exact) mass is 550 g/mol. The summed E-state index contributed by atoms with van der Waals surface area (Å²) in [5.74, 6) is 0.715. The predicted octanol–water partition coefficient (Wildman–Crippen LogP) is 5.64. The van der Waals surface area contributed by atoms with Crippen molar-refractivity contribution in [2.24, 2.45) is 5.14 Å². The van der Waals surface area contributed by atoms with Gasteiger partial charge < -0.3 is 8.92 Å². The average Bonchev–Trinajstić information content (AvgIpc) is 3.08. The lowest BCUT2D eigenvalue weighted by atomic mass is 9.97. The summed E-state index contributed by atoms with van der Waals surface area (Å²) in [4.78, 5) is 17.1. The van der Waals surface area contributed by atoms with E-state index < -0.39 is 10.3 Å². The number of hydrogen-bond donors (Lipinski definition) is 1. The van der Waals surface area contributed by atoms with E-state index in [9.17, 15) is 13.2 Å². The standard InChI is InChI=1S/C29H30N2O5S2/c30-38(33,34)36-24-14-15-25-26(20-24)37-29(22-8-4-3-5-9-22)27(25)28(32)21-10-12-23(13-11-21)35-19-18-31-16-6-1-2-7-17-31/h3-5,8-15,20H,1-2,6-7,16-19H2,(H2,30,33,34). The highest BCUT2D eigenvalue weighted by molar-refractivity contribution is 7.84. The van der Waals surface area contributed by atoms with Crippen LogP contribution in [0.1, 0.15) is 41.6 Å². The van der Waals surface area contributed by atoms with Crippen LogP contribution in [0.2, 0.25) is 0 Å². The molecular formula is C29H30N2O5S2. The van der Waals surface area contributed by atoms with Crippen molar-refractivity contribution < 1.29 is 22.1 Å². The Morgan fingerprint density at radius 2 is 1.58 bits per heavy atom. The number of nitrogens with two attached hydrogens (primary N) is 1. The van der Waals surface area contributed by atoms with E-state index in [4.69, 9.17) is 14.1 Å². The molecule has 2 heterocycles. The summed E-state index contributed by atoms with van der Waals surface area (Å²) in [6.45, 7) is 3.78. The largest absolute Gasteiger partial charge is 0.492 e. The number of nitrogens with zero attached hydrogens (tertiary/aromatic N) is 1. The van der Waals surface area contributed by atoms with Gasteiger partial charge >= 0.3 is 10.3 Å². The van der Waals surface area contributed by atoms with Gasteiger partial charge in [-0.15, -0.1) is 11.3 Å². The van der Waals surface area contributed by atoms with Crippen LogP contribution in [0.15, 0.2) is 72.8 Å². The number of benzene rings is 3. The fourth-order valence-corrected chi connectivity index (χ4v) is 6.39. The summed E-state index contributed by atoms with van der Waals surface area (Å²) >= 11 is 1.40.